The number of hydrogen-bond acceptors (Lipinski definition) is 3. The van der Waals surface area contributed by atoms with E-state index in [1.807, 2.05) is 43.9 Å². The summed E-state index contributed by atoms with van der Waals surface area (Å²) in [4.78, 5) is 30.1. The molecule has 5 heteroatoms. The van der Waals surface area contributed by atoms with Crippen molar-refractivity contribution in [3.05, 3.63) is 35.9 Å². The maximum atomic E-state index is 13.6. The van der Waals surface area contributed by atoms with Crippen LogP contribution in [0.4, 0.5) is 4.79 Å². The Kier molecular flexibility index (Phi) is 5.74. The van der Waals surface area contributed by atoms with E-state index >= 15 is 0 Å². The molecular formula is C23H34N2O3. The van der Waals surface area contributed by atoms with Gasteiger partial charge in [0.05, 0.1) is 5.41 Å². The Hall–Kier alpha value is -2.04. The highest BCUT2D eigenvalue weighted by Crippen LogP contribution is 2.49. The van der Waals surface area contributed by atoms with E-state index in [9.17, 15) is 9.59 Å². The Bertz CT molecular complexity index is 710. The van der Waals surface area contributed by atoms with Crippen molar-refractivity contribution < 1.29 is 14.3 Å². The number of rotatable bonds is 3. The van der Waals surface area contributed by atoms with Gasteiger partial charge in [-0.15, -0.1) is 0 Å². The van der Waals surface area contributed by atoms with E-state index in [0.29, 0.717) is 19.0 Å². The number of nitrogens with zero attached hydrogens (tertiary/aromatic N) is 2. The van der Waals surface area contributed by atoms with Gasteiger partial charge >= 0.3 is 6.09 Å². The molecule has 2 saturated heterocycles. The number of amides is 2. The number of hydrogen-bond donors (Lipinski definition) is 0. The van der Waals surface area contributed by atoms with Gasteiger partial charge in [0.1, 0.15) is 5.60 Å². The molecule has 2 aliphatic rings. The molecule has 1 spiro atoms. The van der Waals surface area contributed by atoms with Crippen LogP contribution in [0, 0.1) is 11.3 Å². The van der Waals surface area contributed by atoms with Gasteiger partial charge in [-0.05, 0) is 45.1 Å². The molecule has 28 heavy (non-hydrogen) atoms. The summed E-state index contributed by atoms with van der Waals surface area (Å²) in [6.07, 6.45) is 1.33. The van der Waals surface area contributed by atoms with E-state index in [2.05, 4.69) is 26.0 Å². The summed E-state index contributed by atoms with van der Waals surface area (Å²) in [6.45, 7) is 12.5. The standard InChI is InChI=1S/C23H34N2O3/c1-17(2)14-25-15-19(18-10-7-6-8-11-18)23(20(25)26)12-9-13-24(16-23)21(27)28-22(3,4)5/h6-8,10-11,17,19H,9,12-16H2,1-5H3. The first kappa shape index (κ1) is 20.7. The maximum Gasteiger partial charge on any atom is 0.410 e. The minimum absolute atomic E-state index is 0.102. The van der Waals surface area contributed by atoms with Gasteiger partial charge in [-0.25, -0.2) is 4.79 Å². The summed E-state index contributed by atoms with van der Waals surface area (Å²) in [7, 11) is 0. The third kappa shape index (κ3) is 4.18. The third-order valence-electron chi connectivity index (χ3n) is 5.75. The molecule has 0 radical (unpaired) electrons. The van der Waals surface area contributed by atoms with E-state index in [1.54, 1.807) is 4.90 Å². The van der Waals surface area contributed by atoms with Crippen molar-refractivity contribution >= 4 is 12.0 Å². The summed E-state index contributed by atoms with van der Waals surface area (Å²) >= 11 is 0. The molecule has 0 aliphatic carbocycles. The van der Waals surface area contributed by atoms with Crippen LogP contribution >= 0.6 is 0 Å². The predicted octanol–water partition coefficient (Wildman–Crippen LogP) is 4.29. The second-order valence-corrected chi connectivity index (χ2v) is 9.73. The van der Waals surface area contributed by atoms with Crippen LogP contribution in [0.15, 0.2) is 30.3 Å². The molecule has 154 valence electrons. The summed E-state index contributed by atoms with van der Waals surface area (Å²) in [5.41, 5.74) is 0.100. The molecule has 2 unspecified atom stereocenters. The normalized spacial score (nSPS) is 25.6. The Balaban J connectivity index is 1.91. The van der Waals surface area contributed by atoms with Crippen LogP contribution in [0.25, 0.3) is 0 Å². The first-order valence-corrected chi connectivity index (χ1v) is 10.4. The first-order valence-electron chi connectivity index (χ1n) is 10.4. The highest BCUT2D eigenvalue weighted by molar-refractivity contribution is 5.88. The highest BCUT2D eigenvalue weighted by atomic mass is 16.6. The zero-order valence-corrected chi connectivity index (χ0v) is 17.9. The van der Waals surface area contributed by atoms with Crippen molar-refractivity contribution in [2.75, 3.05) is 26.2 Å². The summed E-state index contributed by atoms with van der Waals surface area (Å²) < 4.78 is 5.61. The lowest BCUT2D eigenvalue weighted by Crippen LogP contribution is -2.52. The van der Waals surface area contributed by atoms with Crippen molar-refractivity contribution in [1.82, 2.24) is 9.80 Å². The van der Waals surface area contributed by atoms with E-state index < -0.39 is 11.0 Å². The molecule has 1 aromatic carbocycles. The number of piperidine rings is 1. The van der Waals surface area contributed by atoms with Gasteiger partial charge in [-0.2, -0.15) is 0 Å². The van der Waals surface area contributed by atoms with Crippen LogP contribution < -0.4 is 0 Å². The molecule has 2 atom stereocenters. The number of ether oxygens (including phenoxy) is 1. The van der Waals surface area contributed by atoms with E-state index in [1.165, 1.54) is 5.56 Å². The average molecular weight is 387 g/mol. The van der Waals surface area contributed by atoms with Crippen LogP contribution in [-0.4, -0.2) is 53.6 Å². The van der Waals surface area contributed by atoms with Crippen molar-refractivity contribution in [1.29, 1.82) is 0 Å². The molecular weight excluding hydrogens is 352 g/mol. The molecule has 2 fully saturated rings. The molecule has 2 amide bonds. The summed E-state index contributed by atoms with van der Waals surface area (Å²) in [5.74, 6) is 0.717. The predicted molar refractivity (Wildman–Crippen MR) is 110 cm³/mol. The fraction of sp³-hybridized carbons (Fsp3) is 0.652. The molecule has 3 rings (SSSR count). The van der Waals surface area contributed by atoms with Crippen LogP contribution in [0.1, 0.15) is 58.9 Å². The second-order valence-electron chi connectivity index (χ2n) is 9.73. The Morgan fingerprint density at radius 3 is 2.54 bits per heavy atom. The smallest absolute Gasteiger partial charge is 0.410 e. The third-order valence-corrected chi connectivity index (χ3v) is 5.75. The maximum absolute atomic E-state index is 13.6. The van der Waals surface area contributed by atoms with Gasteiger partial charge in [0.2, 0.25) is 5.91 Å². The van der Waals surface area contributed by atoms with Crippen molar-refractivity contribution in [2.45, 2.75) is 59.0 Å². The monoisotopic (exact) mass is 386 g/mol. The van der Waals surface area contributed by atoms with Crippen LogP contribution in [0.3, 0.4) is 0 Å². The molecule has 2 heterocycles. The van der Waals surface area contributed by atoms with Crippen molar-refractivity contribution in [2.24, 2.45) is 11.3 Å². The van der Waals surface area contributed by atoms with Gasteiger partial charge in [-0.1, -0.05) is 44.2 Å². The number of benzene rings is 1. The van der Waals surface area contributed by atoms with Gasteiger partial charge in [0.25, 0.3) is 0 Å². The molecule has 1 aromatic rings. The highest BCUT2D eigenvalue weighted by Gasteiger charge is 2.56. The second kappa shape index (κ2) is 7.76. The lowest BCUT2D eigenvalue weighted by molar-refractivity contribution is -0.139. The van der Waals surface area contributed by atoms with Gasteiger partial charge in [0, 0.05) is 32.1 Å². The SMILES string of the molecule is CC(C)CN1CC(c2ccccc2)C2(CCCN(C(=O)OC(C)(C)C)C2)C1=O. The molecule has 0 N–H and O–H groups in total. The Morgan fingerprint density at radius 2 is 1.93 bits per heavy atom. The Morgan fingerprint density at radius 1 is 1.25 bits per heavy atom. The number of carbonyl (C=O) groups is 2. The largest absolute Gasteiger partial charge is 0.444 e. The average Bonchev–Trinajstić information content (AvgIpc) is 2.86. The zero-order valence-electron chi connectivity index (χ0n) is 17.9. The molecule has 5 nitrogen and oxygen atoms in total. The first-order chi connectivity index (χ1) is 13.1. The fourth-order valence-corrected chi connectivity index (χ4v) is 4.68. The molecule has 0 bridgehead atoms. The Labute approximate surface area is 169 Å². The quantitative estimate of drug-likeness (QED) is 0.779. The van der Waals surface area contributed by atoms with Crippen LogP contribution in [0.5, 0.6) is 0 Å². The lowest BCUT2D eigenvalue weighted by atomic mass is 9.69. The number of likely N-dealkylation sites (tertiary alicyclic amines) is 2. The van der Waals surface area contributed by atoms with Crippen LogP contribution in [-0.2, 0) is 9.53 Å². The fourth-order valence-electron chi connectivity index (χ4n) is 4.68. The summed E-state index contributed by atoms with van der Waals surface area (Å²) in [5, 5.41) is 0. The molecule has 0 aromatic heterocycles. The minimum atomic E-state index is -0.550. The van der Waals surface area contributed by atoms with Crippen LogP contribution in [0.2, 0.25) is 0 Å². The topological polar surface area (TPSA) is 49.9 Å². The molecule has 2 aliphatic heterocycles. The number of carbonyl (C=O) groups excluding carboxylic acids is 2. The minimum Gasteiger partial charge on any atom is -0.444 e. The summed E-state index contributed by atoms with van der Waals surface area (Å²) in [6, 6.07) is 10.3. The van der Waals surface area contributed by atoms with E-state index in [4.69, 9.17) is 4.74 Å². The van der Waals surface area contributed by atoms with Gasteiger partial charge in [0.15, 0.2) is 0 Å². The van der Waals surface area contributed by atoms with E-state index in [0.717, 1.165) is 25.9 Å². The lowest BCUT2D eigenvalue weighted by Gasteiger charge is -2.42. The van der Waals surface area contributed by atoms with Gasteiger partial charge < -0.3 is 14.5 Å². The van der Waals surface area contributed by atoms with E-state index in [-0.39, 0.29) is 17.9 Å². The zero-order chi connectivity index (χ0) is 20.5. The van der Waals surface area contributed by atoms with Crippen molar-refractivity contribution in [3.63, 3.8) is 0 Å². The molecule has 0 saturated carbocycles. The van der Waals surface area contributed by atoms with Gasteiger partial charge in [-0.3, -0.25) is 4.79 Å². The van der Waals surface area contributed by atoms with Crippen molar-refractivity contribution in [3.8, 4) is 0 Å².